The smallest absolute Gasteiger partial charge is 0.419 e. The average molecular weight is 397 g/mol. The molecule has 29 heavy (non-hydrogen) atoms. The first kappa shape index (κ1) is 20.8. The van der Waals surface area contributed by atoms with Crippen LogP contribution in [0, 0.1) is 5.41 Å². The Kier molecular flexibility index (Phi) is 5.39. The number of carbonyl (C=O) groups excluding carboxylic acids is 3. The van der Waals surface area contributed by atoms with Crippen molar-refractivity contribution < 1.29 is 23.9 Å². The van der Waals surface area contributed by atoms with Crippen LogP contribution in [0.4, 0.5) is 4.79 Å². The van der Waals surface area contributed by atoms with Gasteiger partial charge in [0.15, 0.2) is 5.78 Å². The minimum absolute atomic E-state index is 0.191. The van der Waals surface area contributed by atoms with Crippen LogP contribution in [-0.4, -0.2) is 34.6 Å². The fourth-order valence-electron chi connectivity index (χ4n) is 3.97. The van der Waals surface area contributed by atoms with Gasteiger partial charge in [0.25, 0.3) is 0 Å². The monoisotopic (exact) mass is 397 g/mol. The molecule has 2 aromatic rings. The Morgan fingerprint density at radius 2 is 1.97 bits per heavy atom. The number of Topliss-reactive ketones (excluding diaryl/α,β-unsaturated/α-hetero) is 1. The molecule has 0 N–H and O–H groups in total. The molecular weight excluding hydrogens is 370 g/mol. The Labute approximate surface area is 170 Å². The van der Waals surface area contributed by atoms with Gasteiger partial charge in [-0.3, -0.25) is 9.59 Å². The van der Waals surface area contributed by atoms with Crippen molar-refractivity contribution in [2.45, 2.75) is 52.6 Å². The number of esters is 1. The van der Waals surface area contributed by atoms with Crippen LogP contribution < -0.4 is 0 Å². The van der Waals surface area contributed by atoms with E-state index in [9.17, 15) is 14.4 Å². The first-order chi connectivity index (χ1) is 13.7. The summed E-state index contributed by atoms with van der Waals surface area (Å²) < 4.78 is 12.3. The van der Waals surface area contributed by atoms with E-state index in [1.54, 1.807) is 45.9 Å². The molecule has 1 aliphatic carbocycles. The number of para-hydroxylation sites is 1. The highest BCUT2D eigenvalue weighted by Crippen LogP contribution is 2.43. The van der Waals surface area contributed by atoms with E-state index in [-0.39, 0.29) is 25.2 Å². The predicted molar refractivity (Wildman–Crippen MR) is 110 cm³/mol. The molecule has 0 bridgehead atoms. The number of hydrogen-bond acceptors (Lipinski definition) is 5. The normalized spacial score (nSPS) is 19.0. The van der Waals surface area contributed by atoms with Crippen molar-refractivity contribution in [3.63, 3.8) is 0 Å². The zero-order chi connectivity index (χ0) is 21.4. The van der Waals surface area contributed by atoms with Crippen LogP contribution in [0.5, 0.6) is 0 Å². The number of ether oxygens (including phenoxy) is 2. The number of benzene rings is 1. The van der Waals surface area contributed by atoms with E-state index >= 15 is 0 Å². The molecule has 1 heterocycles. The van der Waals surface area contributed by atoms with Crippen LogP contribution in [-0.2, 0) is 20.7 Å². The summed E-state index contributed by atoms with van der Waals surface area (Å²) in [7, 11) is 0. The predicted octanol–water partition coefficient (Wildman–Crippen LogP) is 4.68. The van der Waals surface area contributed by atoms with Crippen molar-refractivity contribution in [3.05, 3.63) is 48.2 Å². The van der Waals surface area contributed by atoms with Gasteiger partial charge in [-0.05, 0) is 53.0 Å². The second-order valence-corrected chi connectivity index (χ2v) is 8.28. The molecule has 0 saturated carbocycles. The molecule has 0 unspecified atom stereocenters. The molecule has 0 saturated heterocycles. The number of allylic oxidation sites excluding steroid dienone is 1. The fourth-order valence-corrected chi connectivity index (χ4v) is 3.97. The molecule has 6 heteroatoms. The van der Waals surface area contributed by atoms with Crippen LogP contribution in [0.25, 0.3) is 10.9 Å². The second-order valence-electron chi connectivity index (χ2n) is 8.28. The highest BCUT2D eigenvalue weighted by molar-refractivity contribution is 6.20. The van der Waals surface area contributed by atoms with Crippen molar-refractivity contribution >= 4 is 28.7 Å². The molecule has 154 valence electrons. The zero-order valence-corrected chi connectivity index (χ0v) is 17.4. The number of hydrogen-bond donors (Lipinski definition) is 0. The van der Waals surface area contributed by atoms with Gasteiger partial charge in [-0.15, -0.1) is 6.58 Å². The highest BCUT2D eigenvalue weighted by Gasteiger charge is 2.51. The Hall–Kier alpha value is -2.89. The molecule has 1 aromatic carbocycles. The van der Waals surface area contributed by atoms with Crippen molar-refractivity contribution in [1.29, 1.82) is 0 Å². The van der Waals surface area contributed by atoms with E-state index in [0.29, 0.717) is 28.6 Å². The highest BCUT2D eigenvalue weighted by atomic mass is 16.6. The summed E-state index contributed by atoms with van der Waals surface area (Å²) in [5.41, 5.74) is -0.417. The zero-order valence-electron chi connectivity index (χ0n) is 17.4. The van der Waals surface area contributed by atoms with Crippen molar-refractivity contribution in [3.8, 4) is 0 Å². The number of rotatable bonds is 4. The van der Waals surface area contributed by atoms with Crippen LogP contribution in [0.3, 0.4) is 0 Å². The third kappa shape index (κ3) is 3.48. The number of fused-ring (bicyclic) bond motifs is 3. The van der Waals surface area contributed by atoms with Gasteiger partial charge in [0.2, 0.25) is 0 Å². The van der Waals surface area contributed by atoms with Gasteiger partial charge in [-0.1, -0.05) is 24.3 Å². The van der Waals surface area contributed by atoms with E-state index in [4.69, 9.17) is 9.47 Å². The summed E-state index contributed by atoms with van der Waals surface area (Å²) in [6.07, 6.45) is 1.86. The van der Waals surface area contributed by atoms with E-state index in [0.717, 1.165) is 0 Å². The van der Waals surface area contributed by atoms with Crippen LogP contribution >= 0.6 is 0 Å². The number of carbonyl (C=O) groups is 3. The largest absolute Gasteiger partial charge is 0.465 e. The maximum atomic E-state index is 13.7. The van der Waals surface area contributed by atoms with Gasteiger partial charge in [0.05, 0.1) is 12.1 Å². The van der Waals surface area contributed by atoms with E-state index < -0.39 is 23.1 Å². The summed E-state index contributed by atoms with van der Waals surface area (Å²) in [5.74, 6) is -0.861. The van der Waals surface area contributed by atoms with Gasteiger partial charge in [-0.25, -0.2) is 9.36 Å². The van der Waals surface area contributed by atoms with E-state index in [1.165, 1.54) is 4.57 Å². The van der Waals surface area contributed by atoms with Gasteiger partial charge in [0, 0.05) is 16.6 Å². The topological polar surface area (TPSA) is 74.6 Å². The second kappa shape index (κ2) is 7.50. The van der Waals surface area contributed by atoms with Crippen molar-refractivity contribution in [1.82, 2.24) is 4.57 Å². The number of aromatic nitrogens is 1. The van der Waals surface area contributed by atoms with Crippen LogP contribution in [0.15, 0.2) is 36.9 Å². The standard InChI is InChI=1S/C23H27NO5/c1-6-13-23(20(26)28-7-2)14-12-17-18(19(23)25)15-10-8-9-11-16(15)24(17)21(27)29-22(3,4)5/h6,8-11H,1,7,12-14H2,2-5H3/t23-/m0/s1. The third-order valence-electron chi connectivity index (χ3n) is 5.16. The van der Waals surface area contributed by atoms with Gasteiger partial charge in [0.1, 0.15) is 11.0 Å². The Balaban J connectivity index is 2.22. The lowest BCUT2D eigenvalue weighted by atomic mass is 9.69. The molecule has 0 fully saturated rings. The van der Waals surface area contributed by atoms with Crippen molar-refractivity contribution in [2.24, 2.45) is 5.41 Å². The molecule has 0 spiro atoms. The molecule has 6 nitrogen and oxygen atoms in total. The van der Waals surface area contributed by atoms with Crippen LogP contribution in [0.1, 0.15) is 56.6 Å². The number of nitrogens with zero attached hydrogens (tertiary/aromatic N) is 1. The van der Waals surface area contributed by atoms with E-state index in [1.807, 2.05) is 12.1 Å². The third-order valence-corrected chi connectivity index (χ3v) is 5.16. The Bertz CT molecular complexity index is 995. The van der Waals surface area contributed by atoms with E-state index in [2.05, 4.69) is 6.58 Å². The van der Waals surface area contributed by atoms with Crippen molar-refractivity contribution in [2.75, 3.05) is 6.61 Å². The minimum atomic E-state index is -1.31. The SMILES string of the molecule is C=CC[C@]1(C(=O)OCC)CCc2c(c3ccccc3n2C(=O)OC(C)(C)C)C1=O. The lowest BCUT2D eigenvalue weighted by Crippen LogP contribution is -2.44. The fraction of sp³-hybridized carbons (Fsp3) is 0.435. The maximum absolute atomic E-state index is 13.7. The van der Waals surface area contributed by atoms with Gasteiger partial charge in [-0.2, -0.15) is 0 Å². The molecule has 0 radical (unpaired) electrons. The summed E-state index contributed by atoms with van der Waals surface area (Å²) in [6, 6.07) is 7.19. The van der Waals surface area contributed by atoms with Gasteiger partial charge < -0.3 is 9.47 Å². The summed E-state index contributed by atoms with van der Waals surface area (Å²) in [6.45, 7) is 11.0. The first-order valence-electron chi connectivity index (χ1n) is 9.85. The summed E-state index contributed by atoms with van der Waals surface area (Å²) >= 11 is 0. The lowest BCUT2D eigenvalue weighted by Gasteiger charge is -2.33. The molecule has 1 aromatic heterocycles. The molecule has 0 amide bonds. The maximum Gasteiger partial charge on any atom is 0.419 e. The molecule has 1 atom stereocenters. The Morgan fingerprint density at radius 3 is 2.59 bits per heavy atom. The quantitative estimate of drug-likeness (QED) is 0.425. The molecule has 1 aliphatic rings. The summed E-state index contributed by atoms with van der Waals surface area (Å²) in [4.78, 5) is 39.4. The molecule has 0 aliphatic heterocycles. The Morgan fingerprint density at radius 1 is 1.28 bits per heavy atom. The van der Waals surface area contributed by atoms with Gasteiger partial charge >= 0.3 is 12.1 Å². The number of ketones is 1. The van der Waals surface area contributed by atoms with Crippen LogP contribution in [0.2, 0.25) is 0 Å². The molecular formula is C23H27NO5. The summed E-state index contributed by atoms with van der Waals surface area (Å²) in [5, 5.41) is 0.635. The lowest BCUT2D eigenvalue weighted by molar-refractivity contribution is -0.152. The molecule has 3 rings (SSSR count). The minimum Gasteiger partial charge on any atom is -0.465 e. The average Bonchev–Trinajstić information content (AvgIpc) is 2.98. The first-order valence-corrected chi connectivity index (χ1v) is 9.85.